The van der Waals surface area contributed by atoms with E-state index in [9.17, 15) is 4.79 Å². The molecule has 1 aromatic heterocycles. The van der Waals surface area contributed by atoms with Crippen LogP contribution in [0.3, 0.4) is 0 Å². The van der Waals surface area contributed by atoms with Gasteiger partial charge in [0.1, 0.15) is 5.75 Å². The van der Waals surface area contributed by atoms with E-state index in [0.717, 1.165) is 11.3 Å². The Morgan fingerprint density at radius 2 is 2.14 bits per heavy atom. The van der Waals surface area contributed by atoms with Gasteiger partial charge in [-0.25, -0.2) is 0 Å². The molecule has 0 amide bonds. The summed E-state index contributed by atoms with van der Waals surface area (Å²) in [6.07, 6.45) is 0.260. The first-order valence-corrected chi connectivity index (χ1v) is 6.73. The van der Waals surface area contributed by atoms with Crippen molar-refractivity contribution < 1.29 is 18.7 Å². The first-order chi connectivity index (χ1) is 10.0. The van der Waals surface area contributed by atoms with Crippen LogP contribution < -0.4 is 4.74 Å². The molecule has 21 heavy (non-hydrogen) atoms. The molecule has 0 fully saturated rings. The fourth-order valence-corrected chi connectivity index (χ4v) is 1.76. The summed E-state index contributed by atoms with van der Waals surface area (Å²) in [5.41, 5.74) is 0.833. The highest BCUT2D eigenvalue weighted by Crippen LogP contribution is 2.15. The lowest BCUT2D eigenvalue weighted by molar-refractivity contribution is -0.144. The van der Waals surface area contributed by atoms with Crippen molar-refractivity contribution in [3.8, 4) is 5.75 Å². The van der Waals surface area contributed by atoms with Gasteiger partial charge in [-0.05, 0) is 31.5 Å². The molecule has 0 saturated carbocycles. The average molecular weight is 290 g/mol. The van der Waals surface area contributed by atoms with Crippen LogP contribution in [0.2, 0.25) is 0 Å². The van der Waals surface area contributed by atoms with Gasteiger partial charge in [-0.15, -0.1) is 10.2 Å². The molecule has 6 nitrogen and oxygen atoms in total. The second-order valence-electron chi connectivity index (χ2n) is 4.87. The van der Waals surface area contributed by atoms with Crippen molar-refractivity contribution in [3.05, 3.63) is 41.6 Å². The summed E-state index contributed by atoms with van der Waals surface area (Å²) >= 11 is 0. The summed E-state index contributed by atoms with van der Waals surface area (Å²) in [4.78, 5) is 11.8. The van der Waals surface area contributed by atoms with Gasteiger partial charge in [-0.2, -0.15) is 0 Å². The summed E-state index contributed by atoms with van der Waals surface area (Å²) in [6.45, 7) is 5.57. The zero-order valence-electron chi connectivity index (χ0n) is 12.3. The van der Waals surface area contributed by atoms with Crippen molar-refractivity contribution in [1.29, 1.82) is 0 Å². The fourth-order valence-electron chi connectivity index (χ4n) is 1.76. The van der Waals surface area contributed by atoms with Gasteiger partial charge < -0.3 is 13.9 Å². The molecule has 1 heterocycles. The van der Waals surface area contributed by atoms with Crippen molar-refractivity contribution in [1.82, 2.24) is 10.2 Å². The zero-order chi connectivity index (χ0) is 15.2. The number of hydrogen-bond acceptors (Lipinski definition) is 6. The molecule has 0 spiro atoms. The maximum Gasteiger partial charge on any atom is 0.310 e. The molecule has 0 unspecified atom stereocenters. The first kappa shape index (κ1) is 15.0. The minimum Gasteiger partial charge on any atom is -0.491 e. The predicted molar refractivity (Wildman–Crippen MR) is 74.7 cm³/mol. The Hall–Kier alpha value is -2.37. The lowest BCUT2D eigenvalue weighted by Crippen LogP contribution is -2.09. The first-order valence-electron chi connectivity index (χ1n) is 6.73. The van der Waals surface area contributed by atoms with E-state index >= 15 is 0 Å². The highest BCUT2D eigenvalue weighted by atomic mass is 16.5. The normalized spacial score (nSPS) is 10.7. The third-order valence-corrected chi connectivity index (χ3v) is 2.54. The number of esters is 1. The maximum absolute atomic E-state index is 11.8. The van der Waals surface area contributed by atoms with Gasteiger partial charge in [0.25, 0.3) is 5.89 Å². The Bertz CT molecular complexity index is 607. The molecule has 0 aliphatic carbocycles. The van der Waals surface area contributed by atoms with Crippen molar-refractivity contribution in [2.75, 3.05) is 0 Å². The highest BCUT2D eigenvalue weighted by Gasteiger charge is 2.09. The summed E-state index contributed by atoms with van der Waals surface area (Å²) in [5.74, 6) is 1.12. The molecule has 0 saturated heterocycles. The zero-order valence-corrected chi connectivity index (χ0v) is 12.3. The molecular formula is C15H18N2O4. The molecular weight excluding hydrogens is 272 g/mol. The molecule has 1 aromatic carbocycles. The molecule has 0 aliphatic rings. The molecule has 2 aromatic rings. The Kier molecular flexibility index (Phi) is 4.92. The second kappa shape index (κ2) is 6.88. The van der Waals surface area contributed by atoms with Crippen LogP contribution in [-0.4, -0.2) is 22.3 Å². The van der Waals surface area contributed by atoms with Crippen molar-refractivity contribution in [2.45, 2.75) is 39.9 Å². The summed E-state index contributed by atoms with van der Waals surface area (Å²) in [6, 6.07) is 7.39. The van der Waals surface area contributed by atoms with Crippen LogP contribution in [-0.2, 0) is 22.6 Å². The lowest BCUT2D eigenvalue weighted by atomic mass is 10.1. The van der Waals surface area contributed by atoms with Crippen LogP contribution in [0.15, 0.2) is 28.7 Å². The SMILES string of the molecule is Cc1nnc(COC(=O)Cc2cccc(OC(C)C)c2)o1. The molecule has 112 valence electrons. The summed E-state index contributed by atoms with van der Waals surface area (Å²) in [5, 5.41) is 7.42. The number of nitrogens with zero attached hydrogens (tertiary/aromatic N) is 2. The second-order valence-corrected chi connectivity index (χ2v) is 4.87. The number of benzene rings is 1. The number of carbonyl (C=O) groups is 1. The Morgan fingerprint density at radius 1 is 1.33 bits per heavy atom. The molecule has 0 bridgehead atoms. The van der Waals surface area contributed by atoms with E-state index in [-0.39, 0.29) is 31.0 Å². The van der Waals surface area contributed by atoms with Gasteiger partial charge in [-0.1, -0.05) is 12.1 Å². The van der Waals surface area contributed by atoms with E-state index in [1.165, 1.54) is 0 Å². The molecule has 0 N–H and O–H groups in total. The number of carbonyl (C=O) groups excluding carboxylic acids is 1. The van der Waals surface area contributed by atoms with Gasteiger partial charge in [0.2, 0.25) is 5.89 Å². The van der Waals surface area contributed by atoms with Crippen LogP contribution in [0, 0.1) is 6.92 Å². The maximum atomic E-state index is 11.8. The number of aryl methyl sites for hydroxylation is 1. The molecule has 0 radical (unpaired) electrons. The standard InChI is InChI=1S/C15H18N2O4/c1-10(2)20-13-6-4-5-12(7-13)8-15(18)19-9-14-17-16-11(3)21-14/h4-7,10H,8-9H2,1-3H3. The topological polar surface area (TPSA) is 74.5 Å². The van der Waals surface area contributed by atoms with Crippen molar-refractivity contribution in [2.24, 2.45) is 0 Å². The summed E-state index contributed by atoms with van der Waals surface area (Å²) < 4.78 is 15.8. The number of rotatable bonds is 6. The summed E-state index contributed by atoms with van der Waals surface area (Å²) in [7, 11) is 0. The van der Waals surface area contributed by atoms with Gasteiger partial charge in [0.15, 0.2) is 6.61 Å². The third-order valence-electron chi connectivity index (χ3n) is 2.54. The van der Waals surface area contributed by atoms with Gasteiger partial charge in [0, 0.05) is 6.92 Å². The minimum absolute atomic E-state index is 0.0120. The number of ether oxygens (including phenoxy) is 2. The highest BCUT2D eigenvalue weighted by molar-refractivity contribution is 5.72. The van der Waals surface area contributed by atoms with Gasteiger partial charge in [-0.3, -0.25) is 4.79 Å². The quantitative estimate of drug-likeness (QED) is 0.761. The van der Waals surface area contributed by atoms with E-state index in [4.69, 9.17) is 13.9 Å². The molecule has 0 aliphatic heterocycles. The predicted octanol–water partition coefficient (Wildman–Crippen LogP) is 2.45. The van der Waals surface area contributed by atoms with Crippen LogP contribution in [0.1, 0.15) is 31.2 Å². The Balaban J connectivity index is 1.87. The number of hydrogen-bond donors (Lipinski definition) is 0. The van der Waals surface area contributed by atoms with Crippen molar-refractivity contribution >= 4 is 5.97 Å². The van der Waals surface area contributed by atoms with Crippen LogP contribution >= 0.6 is 0 Å². The van der Waals surface area contributed by atoms with E-state index in [1.54, 1.807) is 6.92 Å². The van der Waals surface area contributed by atoms with E-state index < -0.39 is 0 Å². The fraction of sp³-hybridized carbons (Fsp3) is 0.400. The van der Waals surface area contributed by atoms with Crippen LogP contribution in [0.25, 0.3) is 0 Å². The molecule has 6 heteroatoms. The van der Waals surface area contributed by atoms with E-state index in [0.29, 0.717) is 5.89 Å². The van der Waals surface area contributed by atoms with Gasteiger partial charge >= 0.3 is 5.97 Å². The lowest BCUT2D eigenvalue weighted by Gasteiger charge is -2.10. The van der Waals surface area contributed by atoms with E-state index in [2.05, 4.69) is 10.2 Å². The average Bonchev–Trinajstić information content (AvgIpc) is 2.82. The number of aromatic nitrogens is 2. The third kappa shape index (κ3) is 4.91. The van der Waals surface area contributed by atoms with Crippen LogP contribution in [0.4, 0.5) is 0 Å². The van der Waals surface area contributed by atoms with E-state index in [1.807, 2.05) is 38.1 Å². The molecule has 2 rings (SSSR count). The largest absolute Gasteiger partial charge is 0.491 e. The van der Waals surface area contributed by atoms with Crippen molar-refractivity contribution in [3.63, 3.8) is 0 Å². The Labute approximate surface area is 123 Å². The smallest absolute Gasteiger partial charge is 0.310 e. The minimum atomic E-state index is -0.354. The Morgan fingerprint density at radius 3 is 2.81 bits per heavy atom. The van der Waals surface area contributed by atoms with Crippen LogP contribution in [0.5, 0.6) is 5.75 Å². The van der Waals surface area contributed by atoms with Gasteiger partial charge in [0.05, 0.1) is 12.5 Å². The monoisotopic (exact) mass is 290 g/mol. The molecule has 0 atom stereocenters.